The van der Waals surface area contributed by atoms with Gasteiger partial charge in [0.1, 0.15) is 5.75 Å². The third kappa shape index (κ3) is 3.01. The number of hydrogen-bond acceptors (Lipinski definition) is 3. The van der Waals surface area contributed by atoms with Crippen LogP contribution in [0.4, 0.5) is 0 Å². The lowest BCUT2D eigenvalue weighted by molar-refractivity contribution is -0.0565. The first kappa shape index (κ1) is 18.0. The lowest BCUT2D eigenvalue weighted by Crippen LogP contribution is -2.63. The molecule has 5 nitrogen and oxygen atoms in total. The number of phenols is 1. The van der Waals surface area contributed by atoms with Crippen LogP contribution in [0, 0.1) is 19.3 Å². The zero-order valence-corrected chi connectivity index (χ0v) is 16.8. The van der Waals surface area contributed by atoms with Gasteiger partial charge >= 0.3 is 0 Å². The van der Waals surface area contributed by atoms with Gasteiger partial charge in [0.2, 0.25) is 0 Å². The Morgan fingerprint density at radius 2 is 1.83 bits per heavy atom. The van der Waals surface area contributed by atoms with Crippen LogP contribution in [0.15, 0.2) is 54.6 Å². The Labute approximate surface area is 170 Å². The lowest BCUT2D eigenvalue weighted by Gasteiger charge is -2.59. The van der Waals surface area contributed by atoms with E-state index in [1.807, 2.05) is 11.8 Å². The van der Waals surface area contributed by atoms with Crippen LogP contribution in [0.2, 0.25) is 0 Å². The maximum absolute atomic E-state index is 12.6. The molecule has 0 unspecified atom stereocenters. The number of phenolic OH excluding ortho intramolecular Hbond substituents is 1. The summed E-state index contributed by atoms with van der Waals surface area (Å²) in [6.45, 7) is 5.77. The van der Waals surface area contributed by atoms with E-state index in [9.17, 15) is 9.90 Å². The number of aryl methyl sites for hydroxylation is 2. The summed E-state index contributed by atoms with van der Waals surface area (Å²) in [6.07, 6.45) is 2.18. The molecule has 5 heteroatoms. The maximum Gasteiger partial charge on any atom is 0.254 e. The van der Waals surface area contributed by atoms with E-state index >= 15 is 0 Å². The molecule has 3 aromatic rings. The summed E-state index contributed by atoms with van der Waals surface area (Å²) in [5, 5.41) is 14.4. The molecule has 0 bridgehead atoms. The van der Waals surface area contributed by atoms with E-state index in [-0.39, 0.29) is 17.1 Å². The standard InChI is InChI=1S/C24H25N3O2/c1-16-6-3-4-9-21(16)27-22(10-17(2)25-27)19-12-24(13-19)14-26(15-24)23(29)18-7-5-8-20(28)11-18/h3-11,19,28H,12-15H2,1-2H3. The minimum absolute atomic E-state index is 0.00997. The Balaban J connectivity index is 1.28. The molecule has 29 heavy (non-hydrogen) atoms. The zero-order valence-electron chi connectivity index (χ0n) is 16.8. The summed E-state index contributed by atoms with van der Waals surface area (Å²) >= 11 is 0. The first-order valence-electron chi connectivity index (χ1n) is 10.2. The maximum atomic E-state index is 12.6. The molecular formula is C24H25N3O2. The molecule has 1 aromatic heterocycles. The molecule has 5 rings (SSSR count). The highest BCUT2D eigenvalue weighted by molar-refractivity contribution is 5.95. The normalized spacial score (nSPS) is 17.8. The van der Waals surface area contributed by atoms with Crippen molar-refractivity contribution >= 4 is 5.91 Å². The molecule has 2 fully saturated rings. The van der Waals surface area contributed by atoms with E-state index in [1.165, 1.54) is 11.3 Å². The number of aromatic nitrogens is 2. The number of para-hydroxylation sites is 1. The number of rotatable bonds is 3. The number of nitrogens with zero attached hydrogens (tertiary/aromatic N) is 3. The second kappa shape index (κ2) is 6.48. The molecule has 1 aliphatic heterocycles. The minimum atomic E-state index is 0.00997. The van der Waals surface area contributed by atoms with Crippen LogP contribution in [0.25, 0.3) is 5.69 Å². The van der Waals surface area contributed by atoms with Gasteiger partial charge in [-0.05, 0) is 62.6 Å². The van der Waals surface area contributed by atoms with E-state index in [2.05, 4.69) is 41.9 Å². The predicted octanol–water partition coefficient (Wildman–Crippen LogP) is 4.21. The van der Waals surface area contributed by atoms with Gasteiger partial charge in [-0.1, -0.05) is 24.3 Å². The zero-order chi connectivity index (χ0) is 20.2. The molecule has 2 aliphatic rings. The van der Waals surface area contributed by atoms with Gasteiger partial charge in [0, 0.05) is 35.7 Å². The van der Waals surface area contributed by atoms with Crippen molar-refractivity contribution in [1.82, 2.24) is 14.7 Å². The summed E-state index contributed by atoms with van der Waals surface area (Å²) in [7, 11) is 0. The number of amides is 1. The van der Waals surface area contributed by atoms with Crippen molar-refractivity contribution in [1.29, 1.82) is 0 Å². The summed E-state index contributed by atoms with van der Waals surface area (Å²) in [4.78, 5) is 14.5. The lowest BCUT2D eigenvalue weighted by atomic mass is 9.57. The van der Waals surface area contributed by atoms with E-state index in [1.54, 1.807) is 24.3 Å². The van der Waals surface area contributed by atoms with E-state index in [0.717, 1.165) is 37.3 Å². The van der Waals surface area contributed by atoms with Crippen LogP contribution in [-0.2, 0) is 0 Å². The molecule has 2 heterocycles. The molecule has 1 saturated carbocycles. The van der Waals surface area contributed by atoms with E-state index in [4.69, 9.17) is 5.10 Å². The highest BCUT2D eigenvalue weighted by Crippen LogP contribution is 2.56. The molecule has 1 saturated heterocycles. The fourth-order valence-corrected chi connectivity index (χ4v) is 4.99. The van der Waals surface area contributed by atoms with Crippen molar-refractivity contribution < 1.29 is 9.90 Å². The number of carbonyl (C=O) groups excluding carboxylic acids is 1. The smallest absolute Gasteiger partial charge is 0.254 e. The SMILES string of the molecule is Cc1cc(C2CC3(C2)CN(C(=O)c2cccc(O)c2)C3)n(-c2ccccc2C)n1. The number of benzene rings is 2. The summed E-state index contributed by atoms with van der Waals surface area (Å²) in [5.74, 6) is 0.624. The van der Waals surface area contributed by atoms with E-state index in [0.29, 0.717) is 11.5 Å². The van der Waals surface area contributed by atoms with Crippen molar-refractivity contribution in [3.8, 4) is 11.4 Å². The minimum Gasteiger partial charge on any atom is -0.508 e. The number of aromatic hydroxyl groups is 1. The molecule has 1 spiro atoms. The molecule has 0 atom stereocenters. The Bertz CT molecular complexity index is 1090. The third-order valence-electron chi connectivity index (χ3n) is 6.41. The van der Waals surface area contributed by atoms with Crippen LogP contribution in [0.5, 0.6) is 5.75 Å². The van der Waals surface area contributed by atoms with Gasteiger partial charge in [-0.2, -0.15) is 5.10 Å². The molecule has 1 N–H and O–H groups in total. The van der Waals surface area contributed by atoms with Crippen molar-refractivity contribution in [2.75, 3.05) is 13.1 Å². The Morgan fingerprint density at radius 1 is 1.07 bits per heavy atom. The van der Waals surface area contributed by atoms with Crippen molar-refractivity contribution in [3.63, 3.8) is 0 Å². The average Bonchev–Trinajstić information content (AvgIpc) is 3.01. The molecule has 148 valence electrons. The summed E-state index contributed by atoms with van der Waals surface area (Å²) in [6, 6.07) is 17.2. The van der Waals surface area contributed by atoms with Gasteiger partial charge < -0.3 is 10.0 Å². The molecular weight excluding hydrogens is 362 g/mol. The largest absolute Gasteiger partial charge is 0.508 e. The van der Waals surface area contributed by atoms with Crippen molar-refractivity contribution in [3.05, 3.63) is 77.1 Å². The highest BCUT2D eigenvalue weighted by atomic mass is 16.3. The van der Waals surface area contributed by atoms with Crippen LogP contribution in [0.1, 0.15) is 46.1 Å². The average molecular weight is 387 g/mol. The van der Waals surface area contributed by atoms with Crippen molar-refractivity contribution in [2.24, 2.45) is 5.41 Å². The molecule has 2 aromatic carbocycles. The summed E-state index contributed by atoms with van der Waals surface area (Å²) < 4.78 is 2.11. The molecule has 1 amide bonds. The third-order valence-corrected chi connectivity index (χ3v) is 6.41. The van der Waals surface area contributed by atoms with Gasteiger partial charge in [0.15, 0.2) is 0 Å². The molecule has 1 aliphatic carbocycles. The monoisotopic (exact) mass is 387 g/mol. The fourth-order valence-electron chi connectivity index (χ4n) is 4.99. The van der Waals surface area contributed by atoms with Gasteiger partial charge in [0.25, 0.3) is 5.91 Å². The Morgan fingerprint density at radius 3 is 2.55 bits per heavy atom. The first-order chi connectivity index (χ1) is 13.9. The van der Waals surface area contributed by atoms with Gasteiger partial charge in [-0.3, -0.25) is 4.79 Å². The van der Waals surface area contributed by atoms with Crippen LogP contribution >= 0.6 is 0 Å². The predicted molar refractivity (Wildman–Crippen MR) is 111 cm³/mol. The van der Waals surface area contributed by atoms with Gasteiger partial charge in [0.05, 0.1) is 11.4 Å². The Kier molecular flexibility index (Phi) is 4.02. The Hall–Kier alpha value is -3.08. The van der Waals surface area contributed by atoms with Crippen LogP contribution in [-0.4, -0.2) is 38.8 Å². The number of carbonyl (C=O) groups is 1. The first-order valence-corrected chi connectivity index (χ1v) is 10.2. The number of hydrogen-bond donors (Lipinski definition) is 1. The second-order valence-corrected chi connectivity index (χ2v) is 8.73. The van der Waals surface area contributed by atoms with Crippen LogP contribution in [0.3, 0.4) is 0 Å². The fraction of sp³-hybridized carbons (Fsp3) is 0.333. The van der Waals surface area contributed by atoms with Crippen molar-refractivity contribution in [2.45, 2.75) is 32.6 Å². The second-order valence-electron chi connectivity index (χ2n) is 8.73. The van der Waals surface area contributed by atoms with Gasteiger partial charge in [-0.15, -0.1) is 0 Å². The van der Waals surface area contributed by atoms with E-state index < -0.39 is 0 Å². The quantitative estimate of drug-likeness (QED) is 0.732. The number of likely N-dealkylation sites (tertiary alicyclic amines) is 1. The van der Waals surface area contributed by atoms with Crippen LogP contribution < -0.4 is 0 Å². The van der Waals surface area contributed by atoms with Gasteiger partial charge in [-0.25, -0.2) is 4.68 Å². The highest BCUT2D eigenvalue weighted by Gasteiger charge is 2.54. The summed E-state index contributed by atoms with van der Waals surface area (Å²) in [5.41, 5.74) is 5.48. The molecule has 0 radical (unpaired) electrons. The topological polar surface area (TPSA) is 58.4 Å².